The minimum Gasteiger partial charge on any atom is -0.332 e. The number of carbonyl (C=O) groups excluding carboxylic acids is 2. The molecule has 4 nitrogen and oxygen atoms in total. The molecule has 1 unspecified atom stereocenters. The van der Waals surface area contributed by atoms with Crippen LogP contribution in [0, 0.1) is 12.8 Å². The van der Waals surface area contributed by atoms with E-state index in [4.69, 9.17) is 0 Å². The number of nitrogens with zero attached hydrogens (tertiary/aromatic N) is 2. The Balaban J connectivity index is 1.70. The van der Waals surface area contributed by atoms with Crippen LogP contribution in [0.4, 0.5) is 0 Å². The number of aryl methyl sites for hydroxylation is 1. The average molecular weight is 455 g/mol. The number of thiophene rings is 1. The van der Waals surface area contributed by atoms with Crippen LogP contribution in [0.1, 0.15) is 74.1 Å². The van der Waals surface area contributed by atoms with Gasteiger partial charge in [0, 0.05) is 28.8 Å². The number of rotatable bonds is 11. The third-order valence-corrected chi connectivity index (χ3v) is 7.69. The standard InChI is InChI=1S/C27H38N2O2S/c1-4-21(2)29(26(30)17-15-23-10-8-9-11-23)20-27(31)28(18-24-12-6-5-7-13-24)19-25-16-14-22(3)32-25/h5-7,12-14,16,21,23H,4,8-11,15,17-20H2,1-3H3. The summed E-state index contributed by atoms with van der Waals surface area (Å²) in [5.41, 5.74) is 1.11. The van der Waals surface area contributed by atoms with Crippen LogP contribution in [-0.2, 0) is 22.7 Å². The molecule has 1 fully saturated rings. The van der Waals surface area contributed by atoms with Gasteiger partial charge in [-0.25, -0.2) is 0 Å². The number of amides is 2. The van der Waals surface area contributed by atoms with Crippen LogP contribution in [0.25, 0.3) is 0 Å². The van der Waals surface area contributed by atoms with Crippen LogP contribution in [0.5, 0.6) is 0 Å². The lowest BCUT2D eigenvalue weighted by atomic mass is 10.0. The molecule has 1 aromatic carbocycles. The zero-order valence-electron chi connectivity index (χ0n) is 19.9. The molecule has 0 aliphatic heterocycles. The van der Waals surface area contributed by atoms with Gasteiger partial charge in [-0.05, 0) is 50.3 Å². The van der Waals surface area contributed by atoms with E-state index in [1.54, 1.807) is 11.3 Å². The molecule has 0 saturated heterocycles. The highest BCUT2D eigenvalue weighted by atomic mass is 32.1. The summed E-state index contributed by atoms with van der Waals surface area (Å²) in [5.74, 6) is 0.839. The van der Waals surface area contributed by atoms with Gasteiger partial charge in [0.1, 0.15) is 6.54 Å². The summed E-state index contributed by atoms with van der Waals surface area (Å²) >= 11 is 1.73. The predicted molar refractivity (Wildman–Crippen MR) is 132 cm³/mol. The lowest BCUT2D eigenvalue weighted by Gasteiger charge is -2.31. The van der Waals surface area contributed by atoms with E-state index in [2.05, 4.69) is 45.0 Å². The van der Waals surface area contributed by atoms with Crippen molar-refractivity contribution in [3.8, 4) is 0 Å². The minimum atomic E-state index is 0.0226. The maximum Gasteiger partial charge on any atom is 0.242 e. The van der Waals surface area contributed by atoms with Crippen molar-refractivity contribution >= 4 is 23.2 Å². The molecule has 1 heterocycles. The van der Waals surface area contributed by atoms with Gasteiger partial charge < -0.3 is 9.80 Å². The van der Waals surface area contributed by atoms with E-state index < -0.39 is 0 Å². The number of benzene rings is 1. The highest BCUT2D eigenvalue weighted by Crippen LogP contribution is 2.29. The van der Waals surface area contributed by atoms with Gasteiger partial charge in [-0.15, -0.1) is 11.3 Å². The zero-order chi connectivity index (χ0) is 22.9. The summed E-state index contributed by atoms with van der Waals surface area (Å²) in [6, 6.07) is 14.4. The molecule has 1 atom stereocenters. The largest absolute Gasteiger partial charge is 0.332 e. The summed E-state index contributed by atoms with van der Waals surface area (Å²) in [5, 5.41) is 0. The molecule has 1 aliphatic carbocycles. The van der Waals surface area contributed by atoms with Crippen LogP contribution in [-0.4, -0.2) is 34.2 Å². The lowest BCUT2D eigenvalue weighted by molar-refractivity contribution is -0.143. The van der Waals surface area contributed by atoms with Gasteiger partial charge in [0.05, 0.1) is 6.54 Å². The van der Waals surface area contributed by atoms with Crippen molar-refractivity contribution < 1.29 is 9.59 Å². The summed E-state index contributed by atoms with van der Waals surface area (Å²) in [6.45, 7) is 7.53. The Morgan fingerprint density at radius 1 is 1.03 bits per heavy atom. The van der Waals surface area contributed by atoms with Crippen molar-refractivity contribution in [1.82, 2.24) is 9.80 Å². The van der Waals surface area contributed by atoms with Crippen LogP contribution < -0.4 is 0 Å². The van der Waals surface area contributed by atoms with Gasteiger partial charge in [0.25, 0.3) is 0 Å². The fourth-order valence-electron chi connectivity index (χ4n) is 4.52. The Morgan fingerprint density at radius 3 is 2.38 bits per heavy atom. The van der Waals surface area contributed by atoms with Crippen molar-refractivity contribution in [2.24, 2.45) is 5.92 Å². The SMILES string of the molecule is CCC(C)N(CC(=O)N(Cc1ccccc1)Cc1ccc(C)s1)C(=O)CCC1CCCC1. The highest BCUT2D eigenvalue weighted by molar-refractivity contribution is 7.11. The first kappa shape index (κ1) is 24.5. The van der Waals surface area contributed by atoms with Gasteiger partial charge in [-0.1, -0.05) is 62.9 Å². The number of carbonyl (C=O) groups is 2. The topological polar surface area (TPSA) is 40.6 Å². The molecule has 0 N–H and O–H groups in total. The predicted octanol–water partition coefficient (Wildman–Crippen LogP) is 6.18. The first-order valence-electron chi connectivity index (χ1n) is 12.1. The molecule has 1 aromatic heterocycles. The molecule has 3 rings (SSSR count). The Hall–Kier alpha value is -2.14. The Kier molecular flexibility index (Phi) is 9.34. The third-order valence-electron chi connectivity index (χ3n) is 6.70. The molecule has 1 aliphatic rings. The fraction of sp³-hybridized carbons (Fsp3) is 0.556. The molecule has 0 radical (unpaired) electrons. The maximum atomic E-state index is 13.5. The van der Waals surface area contributed by atoms with E-state index in [9.17, 15) is 9.59 Å². The van der Waals surface area contributed by atoms with Crippen molar-refractivity contribution in [2.45, 2.75) is 84.8 Å². The lowest BCUT2D eigenvalue weighted by Crippen LogP contribution is -2.46. The summed E-state index contributed by atoms with van der Waals surface area (Å²) in [6.07, 6.45) is 7.46. The van der Waals surface area contributed by atoms with Crippen LogP contribution >= 0.6 is 11.3 Å². The van der Waals surface area contributed by atoms with Crippen molar-refractivity contribution in [2.75, 3.05) is 6.54 Å². The maximum absolute atomic E-state index is 13.5. The van der Waals surface area contributed by atoms with Gasteiger partial charge >= 0.3 is 0 Å². The highest BCUT2D eigenvalue weighted by Gasteiger charge is 2.26. The molecule has 2 aromatic rings. The third kappa shape index (κ3) is 7.19. The van der Waals surface area contributed by atoms with E-state index in [1.807, 2.05) is 28.0 Å². The van der Waals surface area contributed by atoms with Crippen LogP contribution in [0.3, 0.4) is 0 Å². The van der Waals surface area contributed by atoms with Crippen molar-refractivity contribution in [3.63, 3.8) is 0 Å². The number of hydrogen-bond acceptors (Lipinski definition) is 3. The minimum absolute atomic E-state index is 0.0226. The Morgan fingerprint density at radius 2 is 1.75 bits per heavy atom. The van der Waals surface area contributed by atoms with Crippen LogP contribution in [0.2, 0.25) is 0 Å². The van der Waals surface area contributed by atoms with E-state index >= 15 is 0 Å². The van der Waals surface area contributed by atoms with Gasteiger partial charge in [0.2, 0.25) is 11.8 Å². The van der Waals surface area contributed by atoms with E-state index in [1.165, 1.54) is 35.4 Å². The molecule has 174 valence electrons. The second kappa shape index (κ2) is 12.2. The molecular weight excluding hydrogens is 416 g/mol. The molecule has 0 bridgehead atoms. The van der Waals surface area contributed by atoms with E-state index in [-0.39, 0.29) is 24.4 Å². The Labute approximate surface area is 197 Å². The summed E-state index contributed by atoms with van der Waals surface area (Å²) in [4.78, 5) is 32.8. The smallest absolute Gasteiger partial charge is 0.242 e. The molecule has 1 saturated carbocycles. The van der Waals surface area contributed by atoms with E-state index in [0.717, 1.165) is 18.4 Å². The Bertz CT molecular complexity index is 858. The summed E-state index contributed by atoms with van der Waals surface area (Å²) in [7, 11) is 0. The van der Waals surface area contributed by atoms with Crippen molar-refractivity contribution in [3.05, 3.63) is 57.8 Å². The normalized spacial score (nSPS) is 15.0. The first-order chi connectivity index (χ1) is 15.5. The first-order valence-corrected chi connectivity index (χ1v) is 12.9. The van der Waals surface area contributed by atoms with Gasteiger partial charge in [0.15, 0.2) is 0 Å². The van der Waals surface area contributed by atoms with Gasteiger partial charge in [-0.3, -0.25) is 9.59 Å². The summed E-state index contributed by atoms with van der Waals surface area (Å²) < 4.78 is 0. The quantitative estimate of drug-likeness (QED) is 0.407. The van der Waals surface area contributed by atoms with Crippen LogP contribution in [0.15, 0.2) is 42.5 Å². The molecule has 2 amide bonds. The van der Waals surface area contributed by atoms with Gasteiger partial charge in [-0.2, -0.15) is 0 Å². The zero-order valence-corrected chi connectivity index (χ0v) is 20.7. The molecule has 32 heavy (non-hydrogen) atoms. The van der Waals surface area contributed by atoms with E-state index in [0.29, 0.717) is 25.4 Å². The second-order valence-electron chi connectivity index (χ2n) is 9.22. The second-order valence-corrected chi connectivity index (χ2v) is 10.6. The number of hydrogen-bond donors (Lipinski definition) is 0. The molecule has 0 spiro atoms. The monoisotopic (exact) mass is 454 g/mol. The van der Waals surface area contributed by atoms with Crippen molar-refractivity contribution in [1.29, 1.82) is 0 Å². The molecule has 5 heteroatoms. The molecular formula is C27H38N2O2S. The fourth-order valence-corrected chi connectivity index (χ4v) is 5.43. The average Bonchev–Trinajstić information content (AvgIpc) is 3.47.